The minimum Gasteiger partial charge on any atom is -0.309 e. The molecule has 3 nitrogen and oxygen atoms in total. The van der Waals surface area contributed by atoms with Gasteiger partial charge in [-0.05, 0) is 82.6 Å². The molecular weight excluding hydrogens is 651 g/mol. The monoisotopic (exact) mass is 679 g/mol. The van der Waals surface area contributed by atoms with Gasteiger partial charge in [-0.25, -0.2) is 0 Å². The third-order valence-electron chi connectivity index (χ3n) is 11.0. The highest BCUT2D eigenvalue weighted by Crippen LogP contribution is 2.52. The highest BCUT2D eigenvalue weighted by Gasteiger charge is 2.29. The smallest absolute Gasteiger partial charge is 0.131 e. The quantitative estimate of drug-likeness (QED) is 0.181. The van der Waals surface area contributed by atoms with Crippen molar-refractivity contribution < 1.29 is 0 Å². The van der Waals surface area contributed by atoms with Crippen molar-refractivity contribution in [1.29, 1.82) is 0 Å². The molecule has 0 atom stereocenters. The van der Waals surface area contributed by atoms with E-state index in [-0.39, 0.29) is 0 Å². The average Bonchev–Trinajstić information content (AvgIpc) is 3.84. The van der Waals surface area contributed by atoms with Gasteiger partial charge in [-0.2, -0.15) is 0 Å². The standard InChI is InChI=1S/C48H29N3S/c1-2-14-33(15-3-1)50-41-21-9-7-17-37(41)45-38-19-11-23-44-46(38)51(48(45)50)42-22-10-18-35(47(42)52-44)30-24-26-34(27-25-30)49-40-20-8-6-16-36(40)39-28-31-12-4-5-13-32(31)29-43(39)49/h1-29H. The van der Waals surface area contributed by atoms with Gasteiger partial charge >= 0.3 is 0 Å². The first-order chi connectivity index (χ1) is 25.8. The van der Waals surface area contributed by atoms with E-state index in [2.05, 4.69) is 190 Å². The molecule has 0 saturated heterocycles. The molecule has 0 spiro atoms. The fraction of sp³-hybridized carbons (Fsp3) is 0. The molecule has 0 N–H and O–H groups in total. The molecule has 1 aliphatic heterocycles. The van der Waals surface area contributed by atoms with Gasteiger partial charge in [-0.3, -0.25) is 9.13 Å². The molecule has 11 aromatic rings. The van der Waals surface area contributed by atoms with Gasteiger partial charge in [-0.1, -0.05) is 127 Å². The summed E-state index contributed by atoms with van der Waals surface area (Å²) >= 11 is 1.89. The van der Waals surface area contributed by atoms with E-state index in [0.29, 0.717) is 0 Å². The van der Waals surface area contributed by atoms with E-state index in [9.17, 15) is 0 Å². The van der Waals surface area contributed by atoms with Crippen molar-refractivity contribution in [2.45, 2.75) is 9.79 Å². The predicted molar refractivity (Wildman–Crippen MR) is 219 cm³/mol. The molecule has 52 heavy (non-hydrogen) atoms. The maximum atomic E-state index is 2.53. The van der Waals surface area contributed by atoms with Gasteiger partial charge in [0.15, 0.2) is 0 Å². The summed E-state index contributed by atoms with van der Waals surface area (Å²) in [5, 5.41) is 8.95. The number of hydrogen-bond acceptors (Lipinski definition) is 1. The lowest BCUT2D eigenvalue weighted by molar-refractivity contribution is 1.03. The Labute approximate surface area is 303 Å². The summed E-state index contributed by atoms with van der Waals surface area (Å²) in [4.78, 5) is 2.56. The fourth-order valence-electron chi connectivity index (χ4n) is 8.79. The van der Waals surface area contributed by atoms with Gasteiger partial charge < -0.3 is 4.57 Å². The van der Waals surface area contributed by atoms with E-state index in [1.54, 1.807) is 0 Å². The zero-order valence-corrected chi connectivity index (χ0v) is 28.8. The maximum Gasteiger partial charge on any atom is 0.131 e. The molecule has 0 saturated carbocycles. The van der Waals surface area contributed by atoms with Gasteiger partial charge in [-0.15, -0.1) is 0 Å². The number of para-hydroxylation sites is 4. The van der Waals surface area contributed by atoms with Crippen molar-refractivity contribution in [3.05, 3.63) is 176 Å². The first-order valence-corrected chi connectivity index (χ1v) is 18.6. The maximum absolute atomic E-state index is 2.53. The summed E-state index contributed by atoms with van der Waals surface area (Å²) in [6, 6.07) is 64.5. The van der Waals surface area contributed by atoms with Crippen LogP contribution in [0.25, 0.3) is 93.6 Å². The van der Waals surface area contributed by atoms with Gasteiger partial charge in [0.1, 0.15) is 5.65 Å². The molecule has 0 bridgehead atoms. The zero-order valence-electron chi connectivity index (χ0n) is 28.0. The van der Waals surface area contributed by atoms with E-state index in [0.717, 1.165) is 5.69 Å². The summed E-state index contributed by atoms with van der Waals surface area (Å²) in [5.74, 6) is 0. The number of benzene rings is 8. The van der Waals surface area contributed by atoms with E-state index in [1.807, 2.05) is 11.8 Å². The molecule has 242 valence electrons. The Morgan fingerprint density at radius 1 is 0.404 bits per heavy atom. The molecule has 4 heterocycles. The van der Waals surface area contributed by atoms with Crippen molar-refractivity contribution >= 4 is 77.2 Å². The lowest BCUT2D eigenvalue weighted by Gasteiger charge is -2.23. The van der Waals surface area contributed by atoms with E-state index >= 15 is 0 Å². The minimum atomic E-state index is 1.16. The van der Waals surface area contributed by atoms with Crippen LogP contribution in [0.4, 0.5) is 0 Å². The van der Waals surface area contributed by atoms with E-state index < -0.39 is 0 Å². The van der Waals surface area contributed by atoms with Crippen LogP contribution in [0.3, 0.4) is 0 Å². The molecule has 0 amide bonds. The van der Waals surface area contributed by atoms with Crippen LogP contribution in [0, 0.1) is 0 Å². The lowest BCUT2D eigenvalue weighted by Crippen LogP contribution is -2.06. The number of aromatic nitrogens is 3. The van der Waals surface area contributed by atoms with Crippen LogP contribution in [0.5, 0.6) is 0 Å². The van der Waals surface area contributed by atoms with Gasteiger partial charge in [0.25, 0.3) is 0 Å². The molecule has 3 aromatic heterocycles. The van der Waals surface area contributed by atoms with Crippen LogP contribution in [0.2, 0.25) is 0 Å². The highest BCUT2D eigenvalue weighted by molar-refractivity contribution is 8.00. The summed E-state index contributed by atoms with van der Waals surface area (Å²) in [6.07, 6.45) is 0. The molecule has 0 aliphatic carbocycles. The third-order valence-corrected chi connectivity index (χ3v) is 12.2. The van der Waals surface area contributed by atoms with Crippen molar-refractivity contribution in [1.82, 2.24) is 13.7 Å². The van der Waals surface area contributed by atoms with E-state index in [4.69, 9.17) is 0 Å². The second kappa shape index (κ2) is 10.5. The van der Waals surface area contributed by atoms with Crippen molar-refractivity contribution in [2.75, 3.05) is 0 Å². The Morgan fingerprint density at radius 3 is 1.88 bits per heavy atom. The normalized spacial score (nSPS) is 12.5. The Morgan fingerprint density at radius 2 is 1.06 bits per heavy atom. The van der Waals surface area contributed by atoms with Crippen molar-refractivity contribution in [2.24, 2.45) is 0 Å². The van der Waals surface area contributed by atoms with Crippen LogP contribution in [0.15, 0.2) is 186 Å². The Bertz CT molecular complexity index is 3250. The van der Waals surface area contributed by atoms with E-state index in [1.165, 1.54) is 97.7 Å². The minimum absolute atomic E-state index is 1.16. The largest absolute Gasteiger partial charge is 0.309 e. The van der Waals surface area contributed by atoms with Crippen LogP contribution < -0.4 is 0 Å². The SMILES string of the molecule is c1ccc(-n2c3ccccc3c3c4cccc5c4n(c32)-c2cccc(-c3ccc(-n4c6ccccc6c6cc7ccccc7cc64)cc3)c2S5)cc1. The van der Waals surface area contributed by atoms with Crippen LogP contribution in [-0.4, -0.2) is 13.7 Å². The Hall–Kier alpha value is -6.49. The molecule has 4 heteroatoms. The highest BCUT2D eigenvalue weighted by atomic mass is 32.2. The molecule has 12 rings (SSSR count). The zero-order chi connectivity index (χ0) is 33.9. The topological polar surface area (TPSA) is 14.8 Å². The van der Waals surface area contributed by atoms with Gasteiger partial charge in [0.2, 0.25) is 0 Å². The fourth-order valence-corrected chi connectivity index (χ4v) is 10.0. The summed E-state index contributed by atoms with van der Waals surface area (Å²) < 4.78 is 7.39. The number of nitrogens with zero attached hydrogens (tertiary/aromatic N) is 3. The molecule has 8 aromatic carbocycles. The van der Waals surface area contributed by atoms with Crippen molar-refractivity contribution in [3.8, 4) is 28.2 Å². The summed E-state index contributed by atoms with van der Waals surface area (Å²) in [5.41, 5.74) is 12.2. The summed E-state index contributed by atoms with van der Waals surface area (Å²) in [6.45, 7) is 0. The first-order valence-electron chi connectivity index (χ1n) is 17.8. The number of hydrogen-bond donors (Lipinski definition) is 0. The predicted octanol–water partition coefficient (Wildman–Crippen LogP) is 13.1. The summed E-state index contributed by atoms with van der Waals surface area (Å²) in [7, 11) is 0. The van der Waals surface area contributed by atoms with Crippen LogP contribution in [-0.2, 0) is 0 Å². The number of fused-ring (bicyclic) bond motifs is 11. The van der Waals surface area contributed by atoms with Gasteiger partial charge in [0, 0.05) is 48.1 Å². The Kier molecular flexibility index (Phi) is 5.71. The molecular formula is C48H29N3S. The molecule has 0 radical (unpaired) electrons. The molecule has 1 aliphatic rings. The van der Waals surface area contributed by atoms with Gasteiger partial charge in [0.05, 0.1) is 27.8 Å². The second-order valence-electron chi connectivity index (χ2n) is 13.7. The second-order valence-corrected chi connectivity index (χ2v) is 14.8. The number of rotatable bonds is 3. The first kappa shape index (κ1) is 28.2. The van der Waals surface area contributed by atoms with Crippen LogP contribution >= 0.6 is 11.8 Å². The lowest BCUT2D eigenvalue weighted by atomic mass is 10.0. The molecule has 0 unspecified atom stereocenters. The van der Waals surface area contributed by atoms with Crippen LogP contribution in [0.1, 0.15) is 0 Å². The Balaban J connectivity index is 1.07. The third kappa shape index (κ3) is 3.77. The van der Waals surface area contributed by atoms with Crippen molar-refractivity contribution in [3.63, 3.8) is 0 Å². The average molecular weight is 680 g/mol. The molecule has 0 fully saturated rings.